The average molecular weight is 366 g/mol. The summed E-state index contributed by atoms with van der Waals surface area (Å²) in [5, 5.41) is 0.960. The molecule has 1 fully saturated rings. The average Bonchev–Trinajstić information content (AvgIpc) is 2.79. The lowest BCUT2D eigenvalue weighted by atomic mass is 10.2. The monoisotopic (exact) mass is 366 g/mol. The van der Waals surface area contributed by atoms with E-state index in [1.54, 1.807) is 19.2 Å². The van der Waals surface area contributed by atoms with Gasteiger partial charge in [0, 0.05) is 23.5 Å². The molecule has 1 aliphatic heterocycles. The van der Waals surface area contributed by atoms with Gasteiger partial charge in [0.25, 0.3) is 0 Å². The predicted molar refractivity (Wildman–Crippen MR) is 82.7 cm³/mol. The normalized spacial score (nSPS) is 24.6. The third-order valence-electron chi connectivity index (χ3n) is 3.54. The molecule has 0 aliphatic carbocycles. The molecule has 0 saturated carbocycles. The van der Waals surface area contributed by atoms with Crippen LogP contribution in [0.2, 0.25) is 0 Å². The molecule has 0 radical (unpaired) electrons. The molecule has 11 heteroatoms. The highest BCUT2D eigenvalue weighted by molar-refractivity contribution is 7.93. The number of carbonyl (C=O) groups excluding carboxylic acids is 1. The van der Waals surface area contributed by atoms with Crippen molar-refractivity contribution in [3.05, 3.63) is 24.3 Å². The molecule has 1 amide bonds. The van der Waals surface area contributed by atoms with Crippen LogP contribution in [0.25, 0.3) is 0 Å². The van der Waals surface area contributed by atoms with E-state index in [4.69, 9.17) is 0 Å². The molecule has 1 aromatic rings. The molecule has 2 atom stereocenters. The van der Waals surface area contributed by atoms with Crippen LogP contribution >= 0.6 is 0 Å². The van der Waals surface area contributed by atoms with Gasteiger partial charge in [-0.05, 0) is 38.1 Å². The van der Waals surface area contributed by atoms with Crippen molar-refractivity contribution in [1.29, 1.82) is 0 Å². The number of nitrogens with one attached hydrogen (secondary N) is 4. The molecule has 134 valence electrons. The van der Waals surface area contributed by atoms with Crippen molar-refractivity contribution in [2.75, 3.05) is 10.0 Å². The van der Waals surface area contributed by atoms with Crippen molar-refractivity contribution >= 4 is 27.3 Å². The lowest BCUT2D eigenvalue weighted by Gasteiger charge is -2.19. The number of benzene rings is 1. The van der Waals surface area contributed by atoms with E-state index in [0.717, 1.165) is 0 Å². The zero-order chi connectivity index (χ0) is 18.1. The van der Waals surface area contributed by atoms with Crippen LogP contribution < -0.4 is 20.9 Å². The highest BCUT2D eigenvalue weighted by Crippen LogP contribution is 2.22. The molecular formula is C13H17F3N4O3S. The second kappa shape index (κ2) is 6.57. The van der Waals surface area contributed by atoms with E-state index in [1.807, 2.05) is 0 Å². The minimum Gasteiger partial charge on any atom is -0.318 e. The van der Waals surface area contributed by atoms with Crippen LogP contribution in [-0.4, -0.2) is 37.8 Å². The van der Waals surface area contributed by atoms with Gasteiger partial charge in [-0.2, -0.15) is 13.2 Å². The minimum absolute atomic E-state index is 0.0915. The number of amides is 1. The van der Waals surface area contributed by atoms with Gasteiger partial charge in [-0.1, -0.05) is 0 Å². The fourth-order valence-electron chi connectivity index (χ4n) is 2.45. The Morgan fingerprint density at radius 3 is 1.96 bits per heavy atom. The van der Waals surface area contributed by atoms with Crippen molar-refractivity contribution in [2.45, 2.75) is 37.4 Å². The van der Waals surface area contributed by atoms with Crippen molar-refractivity contribution in [1.82, 2.24) is 10.9 Å². The minimum atomic E-state index is -4.99. The highest BCUT2D eigenvalue weighted by Gasteiger charge is 2.40. The number of hydrazine groups is 1. The van der Waals surface area contributed by atoms with Crippen LogP contribution in [0.3, 0.4) is 0 Å². The van der Waals surface area contributed by atoms with Gasteiger partial charge in [0.05, 0.1) is 0 Å². The van der Waals surface area contributed by atoms with Gasteiger partial charge in [0.2, 0.25) is 10.0 Å². The predicted octanol–water partition coefficient (Wildman–Crippen LogP) is 1.18. The number of carbonyl (C=O) groups is 1. The maximum atomic E-state index is 12.4. The molecule has 1 aliphatic rings. The van der Waals surface area contributed by atoms with E-state index in [0.29, 0.717) is 0 Å². The highest BCUT2D eigenvalue weighted by atomic mass is 32.2. The Labute approximate surface area is 137 Å². The lowest BCUT2D eigenvalue weighted by Crippen LogP contribution is -2.41. The Balaban J connectivity index is 2.07. The molecule has 0 aromatic heterocycles. The molecule has 2 rings (SSSR count). The topological polar surface area (TPSA) is 99.3 Å². The van der Waals surface area contributed by atoms with Crippen molar-refractivity contribution < 1.29 is 26.4 Å². The molecule has 1 heterocycles. The Kier molecular flexibility index (Phi) is 5.06. The molecule has 4 N–H and O–H groups in total. The Morgan fingerprint density at radius 2 is 1.50 bits per heavy atom. The van der Waals surface area contributed by atoms with Crippen LogP contribution in [0.5, 0.6) is 0 Å². The molecule has 7 nitrogen and oxygen atoms in total. The number of hydrogen-bond acceptors (Lipinski definition) is 5. The lowest BCUT2D eigenvalue weighted by molar-refractivity contribution is -0.167. The van der Waals surface area contributed by atoms with Crippen molar-refractivity contribution in [3.63, 3.8) is 0 Å². The number of hydrogen-bond donors (Lipinski definition) is 4. The number of rotatable bonds is 4. The first-order valence-electron chi connectivity index (χ1n) is 7.01. The largest absolute Gasteiger partial charge is 0.471 e. The summed E-state index contributed by atoms with van der Waals surface area (Å²) >= 11 is 0. The number of anilines is 2. The smallest absolute Gasteiger partial charge is 0.318 e. The molecule has 1 saturated heterocycles. The molecule has 1 aromatic carbocycles. The van der Waals surface area contributed by atoms with Gasteiger partial charge >= 0.3 is 12.1 Å². The third-order valence-corrected chi connectivity index (χ3v) is 5.60. The zero-order valence-electron chi connectivity index (χ0n) is 12.8. The molecule has 24 heavy (non-hydrogen) atoms. The van der Waals surface area contributed by atoms with Gasteiger partial charge in [-0.15, -0.1) is 0 Å². The third kappa shape index (κ3) is 4.16. The molecule has 0 spiro atoms. The maximum absolute atomic E-state index is 12.4. The van der Waals surface area contributed by atoms with Crippen molar-refractivity contribution in [2.24, 2.45) is 0 Å². The summed E-state index contributed by atoms with van der Waals surface area (Å²) in [6.07, 6.45) is -4.99. The van der Waals surface area contributed by atoms with Gasteiger partial charge in [-0.3, -0.25) is 20.4 Å². The Morgan fingerprint density at radius 1 is 1.04 bits per heavy atom. The van der Waals surface area contributed by atoms with Crippen LogP contribution in [0.1, 0.15) is 13.8 Å². The summed E-state index contributed by atoms with van der Waals surface area (Å²) in [7, 11) is -3.71. The van der Waals surface area contributed by atoms with Gasteiger partial charge in [0.15, 0.2) is 0 Å². The van der Waals surface area contributed by atoms with Gasteiger partial charge in [0.1, 0.15) is 5.25 Å². The second-order valence-corrected chi connectivity index (χ2v) is 7.35. The number of sulfonamides is 1. The Hall–Kier alpha value is -1.85. The van der Waals surface area contributed by atoms with Crippen LogP contribution in [-0.2, 0) is 14.8 Å². The van der Waals surface area contributed by atoms with Gasteiger partial charge < -0.3 is 5.32 Å². The van der Waals surface area contributed by atoms with E-state index in [1.165, 1.54) is 24.3 Å². The first-order chi connectivity index (χ1) is 11.0. The fraction of sp³-hybridized carbons (Fsp3) is 0.462. The van der Waals surface area contributed by atoms with E-state index in [9.17, 15) is 26.4 Å². The summed E-state index contributed by atoms with van der Waals surface area (Å²) in [5.41, 5.74) is 5.76. The molecule has 2 unspecified atom stereocenters. The standard InChI is InChI=1S/C13H17F3N4O3S/c1-7-11(8(2)19-18-7)24(22,23)20-10-5-3-9(4-6-10)17-12(21)13(14,15)16/h3-8,11,18-20H,1-2H3,(H,17,21). The number of alkyl halides is 3. The zero-order valence-corrected chi connectivity index (χ0v) is 13.6. The summed E-state index contributed by atoms with van der Waals surface area (Å²) in [6.45, 7) is 3.44. The molecule has 0 bridgehead atoms. The first kappa shape index (κ1) is 18.5. The van der Waals surface area contributed by atoms with E-state index >= 15 is 0 Å². The summed E-state index contributed by atoms with van der Waals surface area (Å²) in [4.78, 5) is 10.8. The fourth-order valence-corrected chi connectivity index (χ4v) is 4.27. The van der Waals surface area contributed by atoms with E-state index in [-0.39, 0.29) is 23.5 Å². The summed E-state index contributed by atoms with van der Waals surface area (Å²) < 4.78 is 63.7. The number of halogens is 3. The first-order valence-corrected chi connectivity index (χ1v) is 8.56. The van der Waals surface area contributed by atoms with E-state index < -0.39 is 27.4 Å². The maximum Gasteiger partial charge on any atom is 0.471 e. The van der Waals surface area contributed by atoms with Crippen LogP contribution in [0, 0.1) is 0 Å². The van der Waals surface area contributed by atoms with Crippen LogP contribution in [0.4, 0.5) is 24.5 Å². The summed E-state index contributed by atoms with van der Waals surface area (Å²) in [5.74, 6) is -2.10. The summed E-state index contributed by atoms with van der Waals surface area (Å²) in [6, 6.07) is 4.27. The quantitative estimate of drug-likeness (QED) is 0.641. The molecular weight excluding hydrogens is 349 g/mol. The van der Waals surface area contributed by atoms with Crippen LogP contribution in [0.15, 0.2) is 24.3 Å². The Bertz CT molecular complexity index is 696. The SMILES string of the molecule is CC1NNC(C)C1S(=O)(=O)Nc1ccc(NC(=O)C(F)(F)F)cc1. The second-order valence-electron chi connectivity index (χ2n) is 5.51. The van der Waals surface area contributed by atoms with E-state index in [2.05, 4.69) is 15.6 Å². The van der Waals surface area contributed by atoms with Crippen molar-refractivity contribution in [3.8, 4) is 0 Å². The van der Waals surface area contributed by atoms with Gasteiger partial charge in [-0.25, -0.2) is 8.42 Å².